The van der Waals surface area contributed by atoms with Gasteiger partial charge in [0.05, 0.1) is 17.2 Å². The summed E-state index contributed by atoms with van der Waals surface area (Å²) in [5, 5.41) is 0.565. The number of esters is 1. The van der Waals surface area contributed by atoms with Crippen molar-refractivity contribution < 1.29 is 14.3 Å². The Labute approximate surface area is 180 Å². The van der Waals surface area contributed by atoms with E-state index in [9.17, 15) is 14.4 Å². The quantitative estimate of drug-likeness (QED) is 0.574. The van der Waals surface area contributed by atoms with Crippen molar-refractivity contribution in [2.45, 2.75) is 45.8 Å². The Morgan fingerprint density at radius 2 is 1.97 bits per heavy atom. The van der Waals surface area contributed by atoms with Crippen molar-refractivity contribution in [3.8, 4) is 0 Å². The van der Waals surface area contributed by atoms with Gasteiger partial charge in [-0.15, -0.1) is 0 Å². The number of fused-ring (bicyclic) bond motifs is 2. The highest BCUT2D eigenvalue weighted by Crippen LogP contribution is 2.28. The number of nitrogens with zero attached hydrogens (tertiary/aromatic N) is 3. The average molecular weight is 419 g/mol. The van der Waals surface area contributed by atoms with E-state index in [-0.39, 0.29) is 17.9 Å². The van der Waals surface area contributed by atoms with Crippen molar-refractivity contribution in [3.63, 3.8) is 0 Å². The van der Waals surface area contributed by atoms with Crippen LogP contribution < -0.4 is 10.5 Å². The Morgan fingerprint density at radius 1 is 1.16 bits per heavy atom. The molecule has 0 fully saturated rings. The van der Waals surface area contributed by atoms with Crippen LogP contribution in [0.25, 0.3) is 10.9 Å². The van der Waals surface area contributed by atoms with Crippen LogP contribution in [0.3, 0.4) is 0 Å². The summed E-state index contributed by atoms with van der Waals surface area (Å²) in [7, 11) is 0. The summed E-state index contributed by atoms with van der Waals surface area (Å²) in [6.45, 7) is 4.46. The number of hydrogen-bond donors (Lipinski definition) is 0. The van der Waals surface area contributed by atoms with Gasteiger partial charge in [0.25, 0.3) is 11.5 Å². The van der Waals surface area contributed by atoms with Crippen LogP contribution >= 0.6 is 0 Å². The highest BCUT2D eigenvalue weighted by atomic mass is 16.5. The fraction of sp³-hybridized carbons (Fsp3) is 0.333. The number of ether oxygens (including phenoxy) is 1. The Morgan fingerprint density at radius 3 is 2.81 bits per heavy atom. The predicted molar refractivity (Wildman–Crippen MR) is 118 cm³/mol. The molecule has 2 heterocycles. The number of hydrogen-bond acceptors (Lipinski definition) is 5. The van der Waals surface area contributed by atoms with Gasteiger partial charge >= 0.3 is 5.97 Å². The molecule has 0 saturated carbocycles. The summed E-state index contributed by atoms with van der Waals surface area (Å²) in [6, 6.07) is 13.3. The van der Waals surface area contributed by atoms with Crippen LogP contribution in [0.5, 0.6) is 0 Å². The minimum Gasteiger partial charge on any atom is -0.453 e. The van der Waals surface area contributed by atoms with E-state index in [2.05, 4.69) is 4.98 Å². The van der Waals surface area contributed by atoms with E-state index < -0.39 is 12.1 Å². The first kappa shape index (κ1) is 20.8. The summed E-state index contributed by atoms with van der Waals surface area (Å²) in [4.78, 5) is 43.7. The van der Waals surface area contributed by atoms with Gasteiger partial charge in [-0.2, -0.15) is 0 Å². The molecule has 1 aliphatic rings. The molecule has 3 aromatic rings. The highest BCUT2D eigenvalue weighted by molar-refractivity contribution is 5.99. The lowest BCUT2D eigenvalue weighted by molar-refractivity contribution is -0.154. The number of carbonyl (C=O) groups excluding carboxylic acids is 2. The summed E-state index contributed by atoms with van der Waals surface area (Å²) < 4.78 is 6.87. The SMILES string of the molecule is Cc1cccc2c(=O)n(CCCC(=O)O[C@@H](C)C(=O)N3CCc4ccccc43)cnc12. The fourth-order valence-electron chi connectivity index (χ4n) is 3.98. The monoisotopic (exact) mass is 419 g/mol. The van der Waals surface area contributed by atoms with Crippen LogP contribution in [0, 0.1) is 6.92 Å². The van der Waals surface area contributed by atoms with Crippen LogP contribution in [0.1, 0.15) is 30.9 Å². The Bertz CT molecular complexity index is 1200. The van der Waals surface area contributed by atoms with Crippen LogP contribution in [0.2, 0.25) is 0 Å². The molecular formula is C24H25N3O4. The molecule has 0 aliphatic carbocycles. The number of anilines is 1. The first-order valence-corrected chi connectivity index (χ1v) is 10.5. The van der Waals surface area contributed by atoms with Crippen LogP contribution in [0.15, 0.2) is 53.6 Å². The van der Waals surface area contributed by atoms with Crippen molar-refractivity contribution in [1.82, 2.24) is 9.55 Å². The molecule has 4 rings (SSSR count). The smallest absolute Gasteiger partial charge is 0.306 e. The van der Waals surface area contributed by atoms with Gasteiger partial charge in [-0.1, -0.05) is 30.3 Å². The number of aryl methyl sites for hydroxylation is 2. The van der Waals surface area contributed by atoms with E-state index in [0.29, 0.717) is 30.4 Å². The minimum atomic E-state index is -0.855. The molecule has 0 radical (unpaired) electrons. The van der Waals surface area contributed by atoms with Crippen molar-refractivity contribution in [3.05, 3.63) is 70.3 Å². The lowest BCUT2D eigenvalue weighted by atomic mass is 10.1. The molecule has 31 heavy (non-hydrogen) atoms. The van der Waals surface area contributed by atoms with Gasteiger partial charge in [0, 0.05) is 25.2 Å². The molecule has 1 atom stereocenters. The Kier molecular flexibility index (Phi) is 5.84. The summed E-state index contributed by atoms with van der Waals surface area (Å²) in [5.41, 5.74) is 3.52. The second-order valence-electron chi connectivity index (χ2n) is 7.82. The summed E-state index contributed by atoms with van der Waals surface area (Å²) >= 11 is 0. The minimum absolute atomic E-state index is 0.118. The van der Waals surface area contributed by atoms with E-state index in [4.69, 9.17) is 4.74 Å². The topological polar surface area (TPSA) is 81.5 Å². The van der Waals surface area contributed by atoms with Gasteiger partial charge in [-0.3, -0.25) is 19.0 Å². The Balaban J connectivity index is 1.32. The zero-order valence-electron chi connectivity index (χ0n) is 17.7. The normalized spacial score (nSPS) is 13.8. The summed E-state index contributed by atoms with van der Waals surface area (Å²) in [6.07, 6.45) is 2.00. The number of para-hydroxylation sites is 2. The van der Waals surface area contributed by atoms with Crippen LogP contribution in [-0.4, -0.2) is 34.1 Å². The molecule has 7 heteroatoms. The van der Waals surface area contributed by atoms with Gasteiger partial charge in [0.15, 0.2) is 6.10 Å². The second kappa shape index (κ2) is 8.71. The van der Waals surface area contributed by atoms with Crippen LogP contribution in [0.4, 0.5) is 5.69 Å². The molecule has 1 aliphatic heterocycles. The molecule has 1 aromatic heterocycles. The molecule has 0 bridgehead atoms. The maximum Gasteiger partial charge on any atom is 0.306 e. The first-order chi connectivity index (χ1) is 15.0. The molecular weight excluding hydrogens is 394 g/mol. The lowest BCUT2D eigenvalue weighted by Crippen LogP contribution is -2.39. The van der Waals surface area contributed by atoms with Crippen molar-refractivity contribution in [2.75, 3.05) is 11.4 Å². The third-order valence-corrected chi connectivity index (χ3v) is 5.64. The fourth-order valence-corrected chi connectivity index (χ4v) is 3.98. The molecule has 0 saturated heterocycles. The number of carbonyl (C=O) groups is 2. The average Bonchev–Trinajstić information content (AvgIpc) is 3.19. The van der Waals surface area contributed by atoms with Gasteiger partial charge in [0.1, 0.15) is 0 Å². The zero-order chi connectivity index (χ0) is 22.0. The Hall–Kier alpha value is -3.48. The first-order valence-electron chi connectivity index (χ1n) is 10.5. The molecule has 0 N–H and O–H groups in total. The van der Waals surface area contributed by atoms with Gasteiger partial charge < -0.3 is 9.64 Å². The standard InChI is InChI=1S/C24H25N3O4/c1-16-7-5-9-19-22(16)25-15-26(24(19)30)13-6-11-21(28)31-17(2)23(29)27-14-12-18-8-3-4-10-20(18)27/h3-5,7-10,15,17H,6,11-14H2,1-2H3/t17-/m0/s1. The number of aromatic nitrogens is 2. The predicted octanol–water partition coefficient (Wildman–Crippen LogP) is 3.01. The van der Waals surface area contributed by atoms with E-state index in [1.165, 1.54) is 10.9 Å². The number of amides is 1. The summed E-state index contributed by atoms with van der Waals surface area (Å²) in [5.74, 6) is -0.672. The third kappa shape index (κ3) is 4.21. The van der Waals surface area contributed by atoms with Crippen LogP contribution in [-0.2, 0) is 27.3 Å². The highest BCUT2D eigenvalue weighted by Gasteiger charge is 2.29. The molecule has 1 amide bonds. The maximum absolute atomic E-state index is 12.7. The molecule has 2 aromatic carbocycles. The maximum atomic E-state index is 12.7. The zero-order valence-corrected chi connectivity index (χ0v) is 17.7. The third-order valence-electron chi connectivity index (χ3n) is 5.64. The molecule has 7 nitrogen and oxygen atoms in total. The largest absolute Gasteiger partial charge is 0.453 e. The number of benzene rings is 2. The molecule has 160 valence electrons. The van der Waals surface area contributed by atoms with E-state index in [1.54, 1.807) is 17.9 Å². The van der Waals surface area contributed by atoms with Crippen molar-refractivity contribution in [2.24, 2.45) is 0 Å². The van der Waals surface area contributed by atoms with Gasteiger partial charge in [0.2, 0.25) is 0 Å². The van der Waals surface area contributed by atoms with Gasteiger partial charge in [-0.25, -0.2) is 4.98 Å². The van der Waals surface area contributed by atoms with Gasteiger partial charge in [-0.05, 0) is 49.9 Å². The van der Waals surface area contributed by atoms with E-state index >= 15 is 0 Å². The van der Waals surface area contributed by atoms with Crippen molar-refractivity contribution in [1.29, 1.82) is 0 Å². The molecule has 0 spiro atoms. The second-order valence-corrected chi connectivity index (χ2v) is 7.82. The molecule has 0 unspecified atom stereocenters. The van der Waals surface area contributed by atoms with E-state index in [1.807, 2.05) is 43.3 Å². The van der Waals surface area contributed by atoms with E-state index in [0.717, 1.165) is 23.2 Å². The lowest BCUT2D eigenvalue weighted by Gasteiger charge is -2.21. The number of rotatable bonds is 6. The van der Waals surface area contributed by atoms with Crippen molar-refractivity contribution >= 4 is 28.5 Å².